The number of carboxylic acids is 1. The predicted molar refractivity (Wildman–Crippen MR) is 37.9 cm³/mol. The molecule has 0 radical (unpaired) electrons. The Morgan fingerprint density at radius 2 is 2.33 bits per heavy atom. The van der Waals surface area contributed by atoms with Crippen molar-refractivity contribution in [2.24, 2.45) is 5.41 Å². The van der Waals surface area contributed by atoms with Crippen molar-refractivity contribution in [1.82, 2.24) is 0 Å². The maximum atomic E-state index is 11.5. The summed E-state index contributed by atoms with van der Waals surface area (Å²) in [4.78, 5) is 10.5. The van der Waals surface area contributed by atoms with Gasteiger partial charge in [-0.3, -0.25) is 4.79 Å². The smallest absolute Gasteiger partial charge is 0.345 e. The Bertz CT molecular complexity index is 181. The molecule has 3 nitrogen and oxygen atoms in total. The van der Waals surface area contributed by atoms with E-state index in [0.29, 0.717) is 0 Å². The number of alkyl halides is 2. The minimum atomic E-state index is -2.95. The van der Waals surface area contributed by atoms with Gasteiger partial charge in [0.1, 0.15) is 5.41 Å². The molecule has 70 valence electrons. The Morgan fingerprint density at radius 3 is 2.58 bits per heavy atom. The zero-order valence-corrected chi connectivity index (χ0v) is 6.59. The summed E-state index contributed by atoms with van der Waals surface area (Å²) in [7, 11) is 0. The van der Waals surface area contributed by atoms with Crippen LogP contribution in [-0.4, -0.2) is 24.3 Å². The Labute approximate surface area is 68.6 Å². The van der Waals surface area contributed by atoms with Crippen molar-refractivity contribution >= 4 is 5.97 Å². The minimum absolute atomic E-state index is 0.580. The molecule has 0 amide bonds. The molecule has 0 heterocycles. The van der Waals surface area contributed by atoms with E-state index in [2.05, 4.69) is 11.3 Å². The van der Waals surface area contributed by atoms with Gasteiger partial charge in [-0.25, -0.2) is 0 Å². The van der Waals surface area contributed by atoms with Crippen LogP contribution in [0, 0.1) is 5.41 Å². The predicted octanol–water partition coefficient (Wildman–Crippen LogP) is 1.50. The zero-order valence-electron chi connectivity index (χ0n) is 6.59. The summed E-state index contributed by atoms with van der Waals surface area (Å²) in [5.74, 6) is -1.24. The second kappa shape index (κ2) is 4.15. The van der Waals surface area contributed by atoms with Gasteiger partial charge < -0.3 is 9.84 Å². The van der Waals surface area contributed by atoms with Gasteiger partial charge >= 0.3 is 12.6 Å². The third kappa shape index (κ3) is 2.96. The molecule has 0 aliphatic heterocycles. The third-order valence-corrected chi connectivity index (χ3v) is 1.45. The molecule has 0 saturated heterocycles. The second-order valence-corrected chi connectivity index (χ2v) is 2.50. The first-order valence-corrected chi connectivity index (χ1v) is 3.19. The molecular weight excluding hydrogens is 170 g/mol. The lowest BCUT2D eigenvalue weighted by atomic mass is 9.92. The normalized spacial score (nSPS) is 15.7. The Hall–Kier alpha value is -0.970. The number of carboxylic acid groups (broad SMARTS) is 1. The lowest BCUT2D eigenvalue weighted by Gasteiger charge is -2.19. The standard InChI is InChI=1S/C7H10F2O3/c1-3-7(2,5(10)11)4-12-6(8)9/h3,6H,1,4H2,2H3,(H,10,11)/t7-/m1/s1. The van der Waals surface area contributed by atoms with Crippen LogP contribution >= 0.6 is 0 Å². The maximum absolute atomic E-state index is 11.5. The highest BCUT2D eigenvalue weighted by atomic mass is 19.3. The maximum Gasteiger partial charge on any atom is 0.345 e. The number of ether oxygens (including phenoxy) is 1. The van der Waals surface area contributed by atoms with Crippen LogP contribution in [0.2, 0.25) is 0 Å². The summed E-state index contributed by atoms with van der Waals surface area (Å²) >= 11 is 0. The van der Waals surface area contributed by atoms with Gasteiger partial charge in [0, 0.05) is 0 Å². The van der Waals surface area contributed by atoms with E-state index in [4.69, 9.17) is 5.11 Å². The second-order valence-electron chi connectivity index (χ2n) is 2.50. The van der Waals surface area contributed by atoms with Gasteiger partial charge in [0.05, 0.1) is 6.61 Å². The summed E-state index contributed by atoms with van der Waals surface area (Å²) in [5.41, 5.74) is -1.45. The molecule has 0 aromatic heterocycles. The summed E-state index contributed by atoms with van der Waals surface area (Å²) in [6.45, 7) is 0.946. The average Bonchev–Trinajstić information content (AvgIpc) is 1.99. The van der Waals surface area contributed by atoms with E-state index in [0.717, 1.165) is 6.08 Å². The molecular formula is C7H10F2O3. The fourth-order valence-electron chi connectivity index (χ4n) is 0.444. The highest BCUT2D eigenvalue weighted by Crippen LogP contribution is 2.19. The van der Waals surface area contributed by atoms with E-state index in [-0.39, 0.29) is 0 Å². The van der Waals surface area contributed by atoms with Gasteiger partial charge in [-0.1, -0.05) is 6.08 Å². The molecule has 0 aromatic rings. The van der Waals surface area contributed by atoms with Crippen molar-refractivity contribution < 1.29 is 23.4 Å². The summed E-state index contributed by atoms with van der Waals surface area (Å²) < 4.78 is 26.9. The number of aliphatic carboxylic acids is 1. The molecule has 0 rings (SSSR count). The van der Waals surface area contributed by atoms with E-state index in [9.17, 15) is 13.6 Å². The first-order chi connectivity index (χ1) is 5.42. The molecule has 0 aliphatic rings. The fraction of sp³-hybridized carbons (Fsp3) is 0.571. The van der Waals surface area contributed by atoms with Crippen molar-refractivity contribution in [3.05, 3.63) is 12.7 Å². The van der Waals surface area contributed by atoms with Crippen LogP contribution in [0.5, 0.6) is 0 Å². The number of rotatable bonds is 5. The lowest BCUT2D eigenvalue weighted by Crippen LogP contribution is -2.31. The summed E-state index contributed by atoms with van der Waals surface area (Å²) in [6, 6.07) is 0. The van der Waals surface area contributed by atoms with E-state index >= 15 is 0 Å². The molecule has 0 saturated carbocycles. The van der Waals surface area contributed by atoms with Crippen LogP contribution in [0.4, 0.5) is 8.78 Å². The quantitative estimate of drug-likeness (QED) is 0.652. The summed E-state index contributed by atoms with van der Waals surface area (Å²) in [5, 5.41) is 8.55. The number of halogens is 2. The topological polar surface area (TPSA) is 46.5 Å². The van der Waals surface area contributed by atoms with Gasteiger partial charge in [0.25, 0.3) is 0 Å². The largest absolute Gasteiger partial charge is 0.481 e. The van der Waals surface area contributed by atoms with Crippen molar-refractivity contribution in [3.8, 4) is 0 Å². The molecule has 1 N–H and O–H groups in total. The van der Waals surface area contributed by atoms with E-state index in [1.807, 2.05) is 0 Å². The molecule has 1 atom stereocenters. The van der Waals surface area contributed by atoms with E-state index in [1.54, 1.807) is 0 Å². The Kier molecular flexibility index (Phi) is 3.82. The highest BCUT2D eigenvalue weighted by molar-refractivity contribution is 5.76. The number of hydrogen-bond acceptors (Lipinski definition) is 2. The van der Waals surface area contributed by atoms with Crippen LogP contribution in [0.25, 0.3) is 0 Å². The number of carbonyl (C=O) groups is 1. The van der Waals surface area contributed by atoms with Crippen LogP contribution in [0.3, 0.4) is 0 Å². The van der Waals surface area contributed by atoms with Gasteiger partial charge in [-0.15, -0.1) is 6.58 Å². The molecule has 5 heteroatoms. The first kappa shape index (κ1) is 11.0. The van der Waals surface area contributed by atoms with E-state index < -0.39 is 24.6 Å². The van der Waals surface area contributed by atoms with Crippen molar-refractivity contribution in [1.29, 1.82) is 0 Å². The van der Waals surface area contributed by atoms with Gasteiger partial charge in [-0.2, -0.15) is 8.78 Å². The average molecular weight is 180 g/mol. The van der Waals surface area contributed by atoms with Crippen molar-refractivity contribution in [3.63, 3.8) is 0 Å². The van der Waals surface area contributed by atoms with Crippen LogP contribution < -0.4 is 0 Å². The van der Waals surface area contributed by atoms with Crippen molar-refractivity contribution in [2.45, 2.75) is 13.5 Å². The molecule has 12 heavy (non-hydrogen) atoms. The molecule has 0 unspecified atom stereocenters. The Balaban J connectivity index is 4.15. The fourth-order valence-corrected chi connectivity index (χ4v) is 0.444. The molecule has 0 bridgehead atoms. The molecule has 0 fully saturated rings. The monoisotopic (exact) mass is 180 g/mol. The SMILES string of the molecule is C=C[C@](C)(COC(F)F)C(=O)O. The molecule has 0 aliphatic carbocycles. The third-order valence-electron chi connectivity index (χ3n) is 1.45. The van der Waals surface area contributed by atoms with Crippen LogP contribution in [0.1, 0.15) is 6.92 Å². The van der Waals surface area contributed by atoms with Gasteiger partial charge in [0.2, 0.25) is 0 Å². The summed E-state index contributed by atoms with van der Waals surface area (Å²) in [6.07, 6.45) is 1.07. The molecule has 0 spiro atoms. The van der Waals surface area contributed by atoms with Crippen molar-refractivity contribution in [2.75, 3.05) is 6.61 Å². The van der Waals surface area contributed by atoms with Crippen LogP contribution in [0.15, 0.2) is 12.7 Å². The lowest BCUT2D eigenvalue weighted by molar-refractivity contribution is -0.165. The number of hydrogen-bond donors (Lipinski definition) is 1. The van der Waals surface area contributed by atoms with E-state index in [1.165, 1.54) is 6.92 Å². The highest BCUT2D eigenvalue weighted by Gasteiger charge is 2.30. The first-order valence-electron chi connectivity index (χ1n) is 3.19. The minimum Gasteiger partial charge on any atom is -0.481 e. The Morgan fingerprint density at radius 1 is 1.83 bits per heavy atom. The van der Waals surface area contributed by atoms with Gasteiger partial charge in [-0.05, 0) is 6.92 Å². The molecule has 0 aromatic carbocycles. The van der Waals surface area contributed by atoms with Crippen LogP contribution in [-0.2, 0) is 9.53 Å². The zero-order chi connectivity index (χ0) is 9.78. The van der Waals surface area contributed by atoms with Gasteiger partial charge in [0.15, 0.2) is 0 Å².